The maximum Gasteiger partial charge on any atom is 0.0546 e. The van der Waals surface area contributed by atoms with E-state index in [1.54, 1.807) is 0 Å². The van der Waals surface area contributed by atoms with Crippen LogP contribution in [0.3, 0.4) is 0 Å². The van der Waals surface area contributed by atoms with Gasteiger partial charge >= 0.3 is 0 Å². The second-order valence-corrected chi connectivity index (χ2v) is 14.7. The van der Waals surface area contributed by atoms with Crippen molar-refractivity contribution in [2.24, 2.45) is 0 Å². The minimum absolute atomic E-state index is 0.0911. The molecule has 53 heavy (non-hydrogen) atoms. The molecule has 0 fully saturated rings. The van der Waals surface area contributed by atoms with Gasteiger partial charge in [0.05, 0.1) is 5.52 Å². The van der Waals surface area contributed by atoms with Crippen molar-refractivity contribution in [3.8, 4) is 44.5 Å². The Balaban J connectivity index is 1.18. The van der Waals surface area contributed by atoms with Crippen molar-refractivity contribution in [2.45, 2.75) is 19.3 Å². The summed E-state index contributed by atoms with van der Waals surface area (Å²) in [6, 6.07) is 68.5. The summed E-state index contributed by atoms with van der Waals surface area (Å²) in [5.74, 6) is 0. The summed E-state index contributed by atoms with van der Waals surface area (Å²) in [5.41, 5.74) is 18.2. The third kappa shape index (κ3) is 5.18. The number of fused-ring (bicyclic) bond motifs is 6. The Morgan fingerprint density at radius 1 is 0.377 bits per heavy atom. The second-order valence-electron chi connectivity index (χ2n) is 14.7. The van der Waals surface area contributed by atoms with Crippen LogP contribution in [-0.4, -0.2) is 4.98 Å². The van der Waals surface area contributed by atoms with Crippen molar-refractivity contribution in [3.05, 3.63) is 199 Å². The Morgan fingerprint density at radius 2 is 0.906 bits per heavy atom. The van der Waals surface area contributed by atoms with E-state index in [0.29, 0.717) is 0 Å². The molecule has 0 bridgehead atoms. The van der Waals surface area contributed by atoms with E-state index in [4.69, 9.17) is 0 Å². The number of anilines is 3. The molecule has 1 heterocycles. The lowest BCUT2D eigenvalue weighted by Crippen LogP contribution is -2.15. The molecule has 1 N–H and O–H groups in total. The molecule has 0 spiro atoms. The Kier molecular flexibility index (Phi) is 7.19. The highest BCUT2D eigenvalue weighted by atomic mass is 15.1. The zero-order valence-electron chi connectivity index (χ0n) is 29.8. The van der Waals surface area contributed by atoms with E-state index in [0.717, 1.165) is 28.1 Å². The molecule has 0 amide bonds. The van der Waals surface area contributed by atoms with E-state index in [-0.39, 0.29) is 5.41 Å². The third-order valence-corrected chi connectivity index (χ3v) is 11.2. The van der Waals surface area contributed by atoms with Gasteiger partial charge in [-0.25, -0.2) is 0 Å². The van der Waals surface area contributed by atoms with Gasteiger partial charge in [-0.15, -0.1) is 0 Å². The lowest BCUT2D eigenvalue weighted by atomic mass is 9.81. The molecule has 0 aliphatic heterocycles. The van der Waals surface area contributed by atoms with Crippen LogP contribution >= 0.6 is 0 Å². The SMILES string of the molecule is CC1(C)c2ccccc2-c2ccc(-c3cc(N(c4ccc(-c5ccccc5)cc4)c4ccc(-c5ccccc5)cc4)cc4c3[nH]c3ccccc34)cc21. The molecule has 0 saturated heterocycles. The smallest absolute Gasteiger partial charge is 0.0546 e. The van der Waals surface area contributed by atoms with E-state index in [1.165, 1.54) is 66.4 Å². The Morgan fingerprint density at radius 3 is 1.57 bits per heavy atom. The van der Waals surface area contributed by atoms with E-state index >= 15 is 0 Å². The van der Waals surface area contributed by atoms with Crippen molar-refractivity contribution >= 4 is 38.9 Å². The molecule has 1 aliphatic rings. The van der Waals surface area contributed by atoms with Gasteiger partial charge in [0.2, 0.25) is 0 Å². The predicted octanol–water partition coefficient (Wildman–Crippen LogP) is 14.1. The van der Waals surface area contributed by atoms with Crippen LogP contribution in [0.15, 0.2) is 188 Å². The van der Waals surface area contributed by atoms with Gasteiger partial charge in [-0.1, -0.05) is 153 Å². The molecule has 0 saturated carbocycles. The van der Waals surface area contributed by atoms with Crippen molar-refractivity contribution in [3.63, 3.8) is 0 Å². The van der Waals surface area contributed by atoms with E-state index < -0.39 is 0 Å². The maximum atomic E-state index is 3.83. The van der Waals surface area contributed by atoms with Crippen LogP contribution in [0.1, 0.15) is 25.0 Å². The fourth-order valence-corrected chi connectivity index (χ4v) is 8.48. The first-order valence-electron chi connectivity index (χ1n) is 18.4. The van der Waals surface area contributed by atoms with Gasteiger partial charge in [-0.05, 0) is 98.6 Å². The zero-order valence-corrected chi connectivity index (χ0v) is 29.8. The molecule has 10 rings (SSSR count). The topological polar surface area (TPSA) is 19.0 Å². The number of aromatic nitrogens is 1. The van der Waals surface area contributed by atoms with Crippen LogP contribution in [0.4, 0.5) is 17.1 Å². The number of hydrogen-bond donors (Lipinski definition) is 1. The van der Waals surface area contributed by atoms with Crippen molar-refractivity contribution in [2.75, 3.05) is 4.90 Å². The molecular weight excluding hydrogens is 641 g/mol. The maximum absolute atomic E-state index is 3.83. The van der Waals surface area contributed by atoms with Crippen molar-refractivity contribution < 1.29 is 0 Å². The summed E-state index contributed by atoms with van der Waals surface area (Å²) >= 11 is 0. The highest BCUT2D eigenvalue weighted by molar-refractivity contribution is 6.14. The van der Waals surface area contributed by atoms with Crippen LogP contribution < -0.4 is 4.90 Å². The molecule has 0 unspecified atom stereocenters. The highest BCUT2D eigenvalue weighted by Gasteiger charge is 2.35. The summed E-state index contributed by atoms with van der Waals surface area (Å²) in [6.07, 6.45) is 0. The van der Waals surface area contributed by atoms with Crippen LogP contribution in [0, 0.1) is 0 Å². The molecule has 8 aromatic carbocycles. The minimum Gasteiger partial charge on any atom is -0.354 e. The summed E-state index contributed by atoms with van der Waals surface area (Å²) in [7, 11) is 0. The summed E-state index contributed by atoms with van der Waals surface area (Å²) in [4.78, 5) is 6.23. The van der Waals surface area contributed by atoms with Gasteiger partial charge in [0, 0.05) is 44.3 Å². The lowest BCUT2D eigenvalue weighted by Gasteiger charge is -2.27. The predicted molar refractivity (Wildman–Crippen MR) is 224 cm³/mol. The fraction of sp³-hybridized carbons (Fsp3) is 0.0588. The average Bonchev–Trinajstić information content (AvgIpc) is 3.71. The number of aromatic amines is 1. The largest absolute Gasteiger partial charge is 0.354 e. The Hall–Kier alpha value is -6.64. The van der Waals surface area contributed by atoms with Crippen LogP contribution in [0.2, 0.25) is 0 Å². The quantitative estimate of drug-likeness (QED) is 0.185. The van der Waals surface area contributed by atoms with Gasteiger partial charge in [-0.2, -0.15) is 0 Å². The number of rotatable bonds is 6. The monoisotopic (exact) mass is 678 g/mol. The molecule has 0 radical (unpaired) electrons. The fourth-order valence-electron chi connectivity index (χ4n) is 8.48. The first kappa shape index (κ1) is 31.1. The highest BCUT2D eigenvalue weighted by Crippen LogP contribution is 2.50. The van der Waals surface area contributed by atoms with E-state index in [9.17, 15) is 0 Å². The summed E-state index contributed by atoms with van der Waals surface area (Å²) < 4.78 is 0. The van der Waals surface area contributed by atoms with E-state index in [1.807, 2.05) is 0 Å². The van der Waals surface area contributed by atoms with Crippen LogP contribution in [0.5, 0.6) is 0 Å². The van der Waals surface area contributed by atoms with Crippen molar-refractivity contribution in [1.29, 1.82) is 0 Å². The average molecular weight is 679 g/mol. The first-order chi connectivity index (χ1) is 26.0. The van der Waals surface area contributed by atoms with Gasteiger partial charge in [0.1, 0.15) is 0 Å². The molecule has 252 valence electrons. The van der Waals surface area contributed by atoms with Crippen molar-refractivity contribution in [1.82, 2.24) is 4.98 Å². The lowest BCUT2D eigenvalue weighted by molar-refractivity contribution is 0.660. The standard InChI is InChI=1S/C51H38N2/c1-51(2)47-19-11-9-17-42(47)43-30-25-38(31-48(43)51)45-32-41(33-46-44-18-10-12-20-49(44)52-50(45)46)53(39-26-21-36(22-27-39)34-13-5-3-6-14-34)40-28-23-37(24-29-40)35-15-7-4-8-16-35/h3-33,52H,1-2H3. The number of benzene rings is 8. The zero-order chi connectivity index (χ0) is 35.5. The molecule has 1 aromatic heterocycles. The van der Waals surface area contributed by atoms with Gasteiger partial charge in [0.25, 0.3) is 0 Å². The molecule has 1 aliphatic carbocycles. The first-order valence-corrected chi connectivity index (χ1v) is 18.4. The van der Waals surface area contributed by atoms with Crippen LogP contribution in [-0.2, 0) is 5.41 Å². The Labute approximate surface area is 310 Å². The molecule has 0 atom stereocenters. The third-order valence-electron chi connectivity index (χ3n) is 11.2. The number of H-pyrrole nitrogens is 1. The van der Waals surface area contributed by atoms with E-state index in [2.05, 4.69) is 212 Å². The number of para-hydroxylation sites is 1. The molecule has 9 aromatic rings. The molecule has 2 nitrogen and oxygen atoms in total. The minimum atomic E-state index is -0.0911. The van der Waals surface area contributed by atoms with Crippen LogP contribution in [0.25, 0.3) is 66.3 Å². The Bertz CT molecular complexity index is 2690. The second kappa shape index (κ2) is 12.3. The number of nitrogens with one attached hydrogen (secondary N) is 1. The normalized spacial score (nSPS) is 12.9. The molecular formula is C51H38N2. The summed E-state index contributed by atoms with van der Waals surface area (Å²) in [6.45, 7) is 4.71. The number of nitrogens with zero attached hydrogens (tertiary/aromatic N) is 1. The molecule has 2 heteroatoms. The van der Waals surface area contributed by atoms with Gasteiger partial charge in [-0.3, -0.25) is 0 Å². The van der Waals surface area contributed by atoms with Gasteiger partial charge < -0.3 is 9.88 Å². The van der Waals surface area contributed by atoms with Gasteiger partial charge in [0.15, 0.2) is 0 Å². The number of hydrogen-bond acceptors (Lipinski definition) is 1. The summed E-state index contributed by atoms with van der Waals surface area (Å²) in [5, 5.41) is 2.43.